The molecule has 2 unspecified atom stereocenters. The number of aliphatic hydroxyl groups excluding tert-OH is 2. The van der Waals surface area contributed by atoms with Crippen LogP contribution in [0.2, 0.25) is 0 Å². The van der Waals surface area contributed by atoms with Crippen molar-refractivity contribution in [2.45, 2.75) is 469 Å². The van der Waals surface area contributed by atoms with Crippen molar-refractivity contribution >= 4 is 11.9 Å². The predicted molar refractivity (Wildman–Crippen MR) is 375 cm³/mol. The number of hydrogen-bond acceptors (Lipinski definition) is 5. The smallest absolute Gasteiger partial charge is 0.305 e. The van der Waals surface area contributed by atoms with Gasteiger partial charge < -0.3 is 20.3 Å². The number of aliphatic hydroxyl groups is 2. The Morgan fingerprint density at radius 3 is 0.835 bits per heavy atom. The lowest BCUT2D eigenvalue weighted by molar-refractivity contribution is -0.143. The molecular formula is C79H155NO5. The molecule has 0 aromatic carbocycles. The molecule has 0 aliphatic carbocycles. The minimum atomic E-state index is -0.661. The zero-order chi connectivity index (χ0) is 61.3. The van der Waals surface area contributed by atoms with Crippen molar-refractivity contribution in [3.05, 3.63) is 12.2 Å². The maximum atomic E-state index is 12.6. The topological polar surface area (TPSA) is 95.9 Å². The van der Waals surface area contributed by atoms with Gasteiger partial charge in [0.05, 0.1) is 25.4 Å². The molecular weight excluding hydrogens is 1040 g/mol. The fourth-order valence-corrected chi connectivity index (χ4v) is 12.8. The Kier molecular flexibility index (Phi) is 73.8. The van der Waals surface area contributed by atoms with Gasteiger partial charge in [-0.3, -0.25) is 9.59 Å². The van der Waals surface area contributed by atoms with E-state index in [1.54, 1.807) is 0 Å². The molecule has 0 fully saturated rings. The molecule has 0 bridgehead atoms. The summed E-state index contributed by atoms with van der Waals surface area (Å²) in [6.07, 6.45) is 94.4. The van der Waals surface area contributed by atoms with Crippen molar-refractivity contribution in [2.24, 2.45) is 0 Å². The molecule has 3 N–H and O–H groups in total. The molecule has 0 rings (SSSR count). The third-order valence-electron chi connectivity index (χ3n) is 18.8. The first kappa shape index (κ1) is 83.6. The first-order chi connectivity index (χ1) is 42.0. The Bertz CT molecular complexity index is 1290. The van der Waals surface area contributed by atoms with Crippen molar-refractivity contribution in [3.63, 3.8) is 0 Å². The number of allylic oxidation sites excluding steroid dienone is 2. The Morgan fingerprint density at radius 1 is 0.318 bits per heavy atom. The van der Waals surface area contributed by atoms with Crippen LogP contribution in [0.15, 0.2) is 12.2 Å². The third kappa shape index (κ3) is 71.6. The molecule has 0 heterocycles. The van der Waals surface area contributed by atoms with Crippen LogP contribution < -0.4 is 5.32 Å². The highest BCUT2D eigenvalue weighted by molar-refractivity contribution is 5.76. The van der Waals surface area contributed by atoms with Gasteiger partial charge >= 0.3 is 5.97 Å². The lowest BCUT2D eigenvalue weighted by atomic mass is 10.0. The number of ether oxygens (including phenoxy) is 1. The highest BCUT2D eigenvalue weighted by Gasteiger charge is 2.20. The average Bonchev–Trinajstić information content (AvgIpc) is 3.51. The second-order valence-corrected chi connectivity index (χ2v) is 27.4. The van der Waals surface area contributed by atoms with E-state index in [0.29, 0.717) is 25.9 Å². The van der Waals surface area contributed by atoms with Crippen molar-refractivity contribution in [1.82, 2.24) is 5.32 Å². The molecule has 6 nitrogen and oxygen atoms in total. The van der Waals surface area contributed by atoms with Gasteiger partial charge in [0.25, 0.3) is 0 Å². The zero-order valence-electron chi connectivity index (χ0n) is 58.1. The van der Waals surface area contributed by atoms with E-state index in [1.807, 2.05) is 0 Å². The molecule has 0 aromatic rings. The first-order valence-electron chi connectivity index (χ1n) is 39.4. The highest BCUT2D eigenvalue weighted by Crippen LogP contribution is 2.20. The van der Waals surface area contributed by atoms with Crippen molar-refractivity contribution in [2.75, 3.05) is 13.2 Å². The van der Waals surface area contributed by atoms with Crippen molar-refractivity contribution in [3.8, 4) is 0 Å². The monoisotopic (exact) mass is 1200 g/mol. The van der Waals surface area contributed by atoms with Gasteiger partial charge in [0.1, 0.15) is 0 Å². The molecule has 0 spiro atoms. The molecule has 6 heteroatoms. The molecule has 0 saturated heterocycles. The molecule has 2 atom stereocenters. The second-order valence-electron chi connectivity index (χ2n) is 27.4. The first-order valence-corrected chi connectivity index (χ1v) is 39.4. The molecule has 0 aliphatic heterocycles. The summed E-state index contributed by atoms with van der Waals surface area (Å²) in [5.74, 6) is -0.00648. The molecule has 506 valence electrons. The van der Waals surface area contributed by atoms with Crippen molar-refractivity contribution in [1.29, 1.82) is 0 Å². The third-order valence-corrected chi connectivity index (χ3v) is 18.8. The van der Waals surface area contributed by atoms with E-state index in [1.165, 1.54) is 385 Å². The van der Waals surface area contributed by atoms with Gasteiger partial charge in [-0.05, 0) is 51.4 Å². The summed E-state index contributed by atoms with van der Waals surface area (Å²) in [4.78, 5) is 24.7. The van der Waals surface area contributed by atoms with E-state index in [4.69, 9.17) is 4.74 Å². The van der Waals surface area contributed by atoms with Gasteiger partial charge in [-0.2, -0.15) is 0 Å². The van der Waals surface area contributed by atoms with E-state index in [0.717, 1.165) is 38.5 Å². The van der Waals surface area contributed by atoms with Crippen LogP contribution in [0.4, 0.5) is 0 Å². The number of rotatable bonds is 75. The Labute approximate surface area is 533 Å². The van der Waals surface area contributed by atoms with E-state index in [9.17, 15) is 19.8 Å². The van der Waals surface area contributed by atoms with E-state index in [2.05, 4.69) is 31.3 Å². The van der Waals surface area contributed by atoms with Gasteiger partial charge in [0, 0.05) is 12.8 Å². The molecule has 0 radical (unpaired) electrons. The Morgan fingerprint density at radius 2 is 0.553 bits per heavy atom. The molecule has 0 aliphatic rings. The van der Waals surface area contributed by atoms with Crippen LogP contribution in [0.1, 0.15) is 457 Å². The number of amides is 1. The quantitative estimate of drug-likeness (QED) is 0.0320. The molecule has 85 heavy (non-hydrogen) atoms. The summed E-state index contributed by atoms with van der Waals surface area (Å²) in [5.41, 5.74) is 0. The lowest BCUT2D eigenvalue weighted by Crippen LogP contribution is -2.45. The van der Waals surface area contributed by atoms with Gasteiger partial charge in [0.2, 0.25) is 5.91 Å². The van der Waals surface area contributed by atoms with E-state index < -0.39 is 12.1 Å². The maximum Gasteiger partial charge on any atom is 0.305 e. The molecule has 1 amide bonds. The SMILES string of the molecule is CCCCCCCCC/C=C\CCCCCCCCCC(=O)OCCCCCCCCCCCCCCCCCCCCCCCCCCCCCCCCCC(=O)NC(CO)C(O)CCCCCCCCCCCCCCCCCCCCC. The lowest BCUT2D eigenvalue weighted by Gasteiger charge is -2.22. The summed E-state index contributed by atoms with van der Waals surface area (Å²) in [6, 6.07) is -0.538. The normalized spacial score (nSPS) is 12.5. The van der Waals surface area contributed by atoms with Crippen molar-refractivity contribution < 1.29 is 24.5 Å². The van der Waals surface area contributed by atoms with Crippen LogP contribution in [0, 0.1) is 0 Å². The van der Waals surface area contributed by atoms with Crippen LogP contribution in [-0.2, 0) is 14.3 Å². The zero-order valence-corrected chi connectivity index (χ0v) is 58.1. The second kappa shape index (κ2) is 75.1. The summed E-state index contributed by atoms with van der Waals surface area (Å²) in [7, 11) is 0. The number of hydrogen-bond donors (Lipinski definition) is 3. The number of carbonyl (C=O) groups excluding carboxylic acids is 2. The van der Waals surface area contributed by atoms with Gasteiger partial charge in [0.15, 0.2) is 0 Å². The predicted octanol–water partition coefficient (Wildman–Crippen LogP) is 25.9. The van der Waals surface area contributed by atoms with Gasteiger partial charge in [-0.25, -0.2) is 0 Å². The van der Waals surface area contributed by atoms with Crippen LogP contribution in [0.25, 0.3) is 0 Å². The number of unbranched alkanes of at least 4 members (excludes halogenated alkanes) is 62. The minimum Gasteiger partial charge on any atom is -0.466 e. The summed E-state index contributed by atoms with van der Waals surface area (Å²) in [6.45, 7) is 5.01. The standard InChI is InChI=1S/C79H155NO5/c1-3-5-7-9-11-13-15-17-19-21-36-39-43-47-51-55-59-63-67-71-77(82)76(75-81)80-78(83)72-68-64-60-56-52-48-44-40-37-34-32-30-28-26-24-23-25-27-29-31-33-35-38-42-46-50-54-58-62-66-70-74-85-79(84)73-69-65-61-57-53-49-45-41-22-20-18-16-14-12-10-8-6-4-2/h20,22,76-77,81-82H,3-19,21,23-75H2,1-2H3,(H,80,83)/b22-20-. The summed E-state index contributed by atoms with van der Waals surface area (Å²) >= 11 is 0. The summed E-state index contributed by atoms with van der Waals surface area (Å²) < 4.78 is 5.51. The van der Waals surface area contributed by atoms with E-state index in [-0.39, 0.29) is 18.5 Å². The molecule has 0 aromatic heterocycles. The number of esters is 1. The van der Waals surface area contributed by atoms with E-state index >= 15 is 0 Å². The number of carbonyl (C=O) groups is 2. The fourth-order valence-electron chi connectivity index (χ4n) is 12.8. The van der Waals surface area contributed by atoms with Crippen LogP contribution in [0.5, 0.6) is 0 Å². The Balaban J connectivity index is 3.32. The Hall–Kier alpha value is -1.40. The summed E-state index contributed by atoms with van der Waals surface area (Å²) in [5, 5.41) is 23.4. The molecule has 0 saturated carbocycles. The minimum absolute atomic E-state index is 0.0191. The maximum absolute atomic E-state index is 12.6. The van der Waals surface area contributed by atoms with Crippen LogP contribution in [-0.4, -0.2) is 47.4 Å². The largest absolute Gasteiger partial charge is 0.466 e. The van der Waals surface area contributed by atoms with Crippen LogP contribution in [0.3, 0.4) is 0 Å². The highest BCUT2D eigenvalue weighted by atomic mass is 16.5. The van der Waals surface area contributed by atoms with Gasteiger partial charge in [-0.15, -0.1) is 0 Å². The van der Waals surface area contributed by atoms with Crippen LogP contribution >= 0.6 is 0 Å². The van der Waals surface area contributed by atoms with Gasteiger partial charge in [-0.1, -0.05) is 405 Å². The number of nitrogens with one attached hydrogen (secondary N) is 1. The fraction of sp³-hybridized carbons (Fsp3) is 0.949. The average molecular weight is 1200 g/mol.